The molecular weight excluding hydrogens is 306 g/mol. The Kier molecular flexibility index (Phi) is 4.85. The molecule has 0 radical (unpaired) electrons. The monoisotopic (exact) mass is 331 g/mol. The lowest BCUT2D eigenvalue weighted by atomic mass is 9.79. The van der Waals surface area contributed by atoms with Crippen molar-refractivity contribution < 1.29 is 14.3 Å². The van der Waals surface area contributed by atoms with Crippen molar-refractivity contribution in [3.05, 3.63) is 30.1 Å². The summed E-state index contributed by atoms with van der Waals surface area (Å²) < 4.78 is 5.41. The number of hydrogen-bond donors (Lipinski definition) is 0. The Labute approximate surface area is 142 Å². The van der Waals surface area contributed by atoms with Crippen molar-refractivity contribution in [3.8, 4) is 0 Å². The Morgan fingerprint density at radius 1 is 1.33 bits per heavy atom. The highest BCUT2D eigenvalue weighted by Crippen LogP contribution is 2.36. The smallest absolute Gasteiger partial charge is 0.255 e. The van der Waals surface area contributed by atoms with Crippen molar-refractivity contribution in [2.75, 3.05) is 20.2 Å². The van der Waals surface area contributed by atoms with E-state index in [9.17, 15) is 9.59 Å². The molecule has 0 bridgehead atoms. The van der Waals surface area contributed by atoms with Crippen LogP contribution in [-0.4, -0.2) is 65.0 Å². The summed E-state index contributed by atoms with van der Waals surface area (Å²) in [4.78, 5) is 32.5. The quantitative estimate of drug-likeness (QED) is 0.786. The van der Waals surface area contributed by atoms with Crippen LogP contribution in [0.25, 0.3) is 0 Å². The summed E-state index contributed by atoms with van der Waals surface area (Å²) in [6.07, 6.45) is 4.75. The van der Waals surface area contributed by atoms with Gasteiger partial charge in [0.1, 0.15) is 0 Å². The fourth-order valence-electron chi connectivity index (χ4n) is 3.93. The van der Waals surface area contributed by atoms with Crippen LogP contribution in [0, 0.1) is 5.92 Å². The zero-order chi connectivity index (χ0) is 17.3. The predicted octanol–water partition coefficient (Wildman–Crippen LogP) is 1.57. The van der Waals surface area contributed by atoms with Crippen LogP contribution >= 0.6 is 0 Å². The van der Waals surface area contributed by atoms with Crippen LogP contribution in [0.2, 0.25) is 0 Å². The number of nitrogens with zero attached hydrogens (tertiary/aromatic N) is 3. The van der Waals surface area contributed by atoms with Gasteiger partial charge in [0.25, 0.3) is 11.8 Å². The van der Waals surface area contributed by atoms with Gasteiger partial charge in [-0.15, -0.1) is 0 Å². The lowest BCUT2D eigenvalue weighted by Gasteiger charge is -2.53. The van der Waals surface area contributed by atoms with Gasteiger partial charge in [0.2, 0.25) is 0 Å². The van der Waals surface area contributed by atoms with E-state index in [-0.39, 0.29) is 30.0 Å². The highest BCUT2D eigenvalue weighted by Gasteiger charge is 2.52. The van der Waals surface area contributed by atoms with Crippen molar-refractivity contribution in [3.63, 3.8) is 0 Å². The number of methoxy groups -OCH3 is 1. The third-order valence-corrected chi connectivity index (χ3v) is 5.16. The predicted molar refractivity (Wildman–Crippen MR) is 89.4 cm³/mol. The summed E-state index contributed by atoms with van der Waals surface area (Å²) in [6.45, 7) is 5.51. The number of amides is 2. The average Bonchev–Trinajstić information content (AvgIpc) is 2.60. The molecule has 130 valence electrons. The Hall–Kier alpha value is -1.95. The Bertz CT molecular complexity index is 597. The summed E-state index contributed by atoms with van der Waals surface area (Å²) in [5, 5.41) is 0. The number of piperidine rings is 1. The molecule has 2 aliphatic rings. The van der Waals surface area contributed by atoms with E-state index in [0.29, 0.717) is 24.6 Å². The van der Waals surface area contributed by atoms with E-state index in [2.05, 4.69) is 4.98 Å². The minimum atomic E-state index is -0.321. The summed E-state index contributed by atoms with van der Waals surface area (Å²) in [6, 6.07) is 3.90. The molecule has 6 nitrogen and oxygen atoms in total. The van der Waals surface area contributed by atoms with Gasteiger partial charge in [0.15, 0.2) is 6.10 Å². The first-order chi connectivity index (χ1) is 11.5. The number of rotatable bonds is 4. The molecule has 0 aliphatic carbocycles. The number of carbonyl (C=O) groups is 2. The number of ether oxygens (including phenoxy) is 1. The Morgan fingerprint density at radius 3 is 2.58 bits per heavy atom. The van der Waals surface area contributed by atoms with Crippen LogP contribution in [0.15, 0.2) is 24.5 Å². The van der Waals surface area contributed by atoms with Crippen LogP contribution in [0.1, 0.15) is 37.0 Å². The normalized spacial score (nSPS) is 25.1. The molecule has 0 spiro atoms. The van der Waals surface area contributed by atoms with E-state index >= 15 is 0 Å². The summed E-state index contributed by atoms with van der Waals surface area (Å²) >= 11 is 0. The number of carbonyl (C=O) groups excluding carboxylic acids is 2. The van der Waals surface area contributed by atoms with Gasteiger partial charge < -0.3 is 14.5 Å². The topological polar surface area (TPSA) is 62.7 Å². The minimum Gasteiger partial charge on any atom is -0.369 e. The molecule has 24 heavy (non-hydrogen) atoms. The van der Waals surface area contributed by atoms with Gasteiger partial charge in [-0.3, -0.25) is 14.6 Å². The van der Waals surface area contributed by atoms with Crippen LogP contribution in [0.5, 0.6) is 0 Å². The van der Waals surface area contributed by atoms with Gasteiger partial charge in [-0.05, 0) is 44.7 Å². The molecule has 0 saturated carbocycles. The van der Waals surface area contributed by atoms with Gasteiger partial charge in [-0.25, -0.2) is 0 Å². The molecule has 0 N–H and O–H groups in total. The zero-order valence-electron chi connectivity index (χ0n) is 14.5. The number of pyridine rings is 1. The molecule has 2 amide bonds. The third-order valence-electron chi connectivity index (χ3n) is 5.16. The van der Waals surface area contributed by atoms with Gasteiger partial charge in [0.05, 0.1) is 11.6 Å². The Balaban J connectivity index is 1.62. The van der Waals surface area contributed by atoms with Gasteiger partial charge >= 0.3 is 0 Å². The van der Waals surface area contributed by atoms with Crippen molar-refractivity contribution in [2.45, 2.75) is 44.9 Å². The van der Waals surface area contributed by atoms with E-state index in [1.807, 2.05) is 23.6 Å². The standard InChI is InChI=1S/C18H25N3O3/c1-12(2)21-15(16(24-3)18(21)23)13-6-9-20(10-7-13)17(22)14-5-4-8-19-11-14/h4-5,8,11-13,15-16H,6-7,9-10H2,1-3H3/t15-,16+/m0/s1. The first-order valence-corrected chi connectivity index (χ1v) is 8.59. The fourth-order valence-corrected chi connectivity index (χ4v) is 3.93. The van der Waals surface area contributed by atoms with Crippen molar-refractivity contribution in [1.29, 1.82) is 0 Å². The zero-order valence-corrected chi connectivity index (χ0v) is 14.5. The summed E-state index contributed by atoms with van der Waals surface area (Å²) in [5.41, 5.74) is 0.633. The van der Waals surface area contributed by atoms with E-state index in [1.165, 1.54) is 0 Å². The SMILES string of the molecule is CO[C@H]1C(=O)N(C(C)C)[C@H]1C1CCN(C(=O)c2cccnc2)CC1. The van der Waals surface area contributed by atoms with Crippen LogP contribution in [0.3, 0.4) is 0 Å². The molecular formula is C18H25N3O3. The number of aromatic nitrogens is 1. The van der Waals surface area contributed by atoms with E-state index in [0.717, 1.165) is 12.8 Å². The van der Waals surface area contributed by atoms with Crippen LogP contribution in [0.4, 0.5) is 0 Å². The molecule has 3 heterocycles. The maximum Gasteiger partial charge on any atom is 0.255 e. The molecule has 2 saturated heterocycles. The molecule has 0 aromatic carbocycles. The second kappa shape index (κ2) is 6.89. The van der Waals surface area contributed by atoms with Gasteiger partial charge in [0, 0.05) is 38.6 Å². The van der Waals surface area contributed by atoms with Crippen molar-refractivity contribution >= 4 is 11.8 Å². The van der Waals surface area contributed by atoms with E-state index in [4.69, 9.17) is 4.74 Å². The van der Waals surface area contributed by atoms with Gasteiger partial charge in [-0.2, -0.15) is 0 Å². The molecule has 6 heteroatoms. The third kappa shape index (κ3) is 2.90. The van der Waals surface area contributed by atoms with E-state index < -0.39 is 0 Å². The van der Waals surface area contributed by atoms with Crippen molar-refractivity contribution in [1.82, 2.24) is 14.8 Å². The molecule has 0 unspecified atom stereocenters. The maximum absolute atomic E-state index is 12.5. The molecule has 3 rings (SSSR count). The maximum atomic E-state index is 12.5. The molecule has 1 aromatic rings. The number of β-lactam (4-membered cyclic amide) rings is 1. The first-order valence-electron chi connectivity index (χ1n) is 8.59. The average molecular weight is 331 g/mol. The molecule has 2 atom stereocenters. The summed E-state index contributed by atoms with van der Waals surface area (Å²) in [7, 11) is 1.61. The highest BCUT2D eigenvalue weighted by atomic mass is 16.5. The lowest BCUT2D eigenvalue weighted by Crippen LogP contribution is -2.70. The molecule has 2 fully saturated rings. The van der Waals surface area contributed by atoms with Crippen LogP contribution < -0.4 is 0 Å². The van der Waals surface area contributed by atoms with Crippen LogP contribution in [-0.2, 0) is 9.53 Å². The van der Waals surface area contributed by atoms with Crippen molar-refractivity contribution in [2.24, 2.45) is 5.92 Å². The molecule has 1 aromatic heterocycles. The molecule has 2 aliphatic heterocycles. The Morgan fingerprint density at radius 2 is 2.04 bits per heavy atom. The largest absolute Gasteiger partial charge is 0.369 e. The first kappa shape index (κ1) is 16.9. The second-order valence-corrected chi connectivity index (χ2v) is 6.86. The summed E-state index contributed by atoms with van der Waals surface area (Å²) in [5.74, 6) is 0.509. The minimum absolute atomic E-state index is 0.0373. The lowest BCUT2D eigenvalue weighted by molar-refractivity contribution is -0.181. The number of likely N-dealkylation sites (tertiary alicyclic amines) is 2. The highest BCUT2D eigenvalue weighted by molar-refractivity contribution is 5.94. The second-order valence-electron chi connectivity index (χ2n) is 6.86. The number of hydrogen-bond acceptors (Lipinski definition) is 4. The van der Waals surface area contributed by atoms with Gasteiger partial charge in [-0.1, -0.05) is 0 Å². The van der Waals surface area contributed by atoms with E-state index in [1.54, 1.807) is 31.6 Å². The fraction of sp³-hybridized carbons (Fsp3) is 0.611.